The van der Waals surface area contributed by atoms with E-state index in [0.29, 0.717) is 0 Å². The van der Waals surface area contributed by atoms with Crippen LogP contribution in [0.4, 0.5) is 0 Å². The fourth-order valence-corrected chi connectivity index (χ4v) is 0. The maximum atomic E-state index is 8.25. The number of nitrogens with zero attached hydrogens (tertiary/aromatic N) is 2. The summed E-state index contributed by atoms with van der Waals surface area (Å²) < 4.78 is 0. The molecule has 0 amide bonds. The zero-order chi connectivity index (χ0) is 9.15. The minimum atomic E-state index is -1.75. The Kier molecular flexibility index (Phi) is 46.1. The zero-order valence-corrected chi connectivity index (χ0v) is 7.71. The summed E-state index contributed by atoms with van der Waals surface area (Å²) in [5.41, 5.74) is 0. The molecule has 0 rings (SSSR count). The molecule has 11 heavy (non-hydrogen) atoms. The topological polar surface area (TPSA) is 153 Å². The maximum absolute atomic E-state index is 8.25. The van der Waals surface area contributed by atoms with Crippen LogP contribution in [0.3, 0.4) is 0 Å². The monoisotopic (exact) mass is 196 g/mol. The molecule has 0 aliphatic carbocycles. The van der Waals surface area contributed by atoms with Gasteiger partial charge in [0.25, 0.3) is 0 Å². The summed E-state index contributed by atoms with van der Waals surface area (Å²) in [4.78, 5) is 16.5. The summed E-state index contributed by atoms with van der Waals surface area (Å²) in [6.07, 6.45) is 0. The summed E-state index contributed by atoms with van der Waals surface area (Å²) >= 11 is 0. The van der Waals surface area contributed by atoms with Crippen LogP contribution < -0.4 is 0 Å². The second-order valence-electron chi connectivity index (χ2n) is 0.447. The molecule has 0 saturated carbocycles. The first-order valence-electron chi connectivity index (χ1n) is 1.54. The van der Waals surface area contributed by atoms with Crippen LogP contribution in [-0.2, 0) is 0 Å². The Balaban J connectivity index is -0.0000000339. The third-order valence-electron chi connectivity index (χ3n) is 0. The molecule has 0 aromatic rings. The smallest absolute Gasteiger partial charge is 0.400 e. The predicted octanol–water partition coefficient (Wildman–Crippen LogP) is -1.25. The summed E-state index contributed by atoms with van der Waals surface area (Å²) in [5.74, 6) is 0. The number of hydrogen-bond acceptors (Lipinski definition) is 7. The van der Waals surface area contributed by atoms with E-state index in [9.17, 15) is 0 Å². The van der Waals surface area contributed by atoms with Crippen molar-refractivity contribution in [1.29, 1.82) is 0 Å². The van der Waals surface area contributed by atoms with Gasteiger partial charge in [-0.2, -0.15) is 0 Å². The number of aliphatic hydroxyl groups is 1. The standard InChI is InChI=1S/CH4O.Ca.2NO3/c1-2;;2*2-1(3)4/h2H,1H3;;;/q;+2;2*-1. The van der Waals surface area contributed by atoms with Crippen molar-refractivity contribution in [3.05, 3.63) is 30.6 Å². The van der Waals surface area contributed by atoms with E-state index in [2.05, 4.69) is 0 Å². The molecule has 0 fully saturated rings. The molecular formula is CH4CaN2O7. The van der Waals surface area contributed by atoms with E-state index in [0.717, 1.165) is 7.11 Å². The third kappa shape index (κ3) is 3860. The molecule has 1 N–H and O–H groups in total. The first-order valence-corrected chi connectivity index (χ1v) is 1.54. The Morgan fingerprint density at radius 3 is 0.909 bits per heavy atom. The maximum Gasteiger partial charge on any atom is 2.00 e. The van der Waals surface area contributed by atoms with Crippen molar-refractivity contribution in [1.82, 2.24) is 0 Å². The Bertz CT molecular complexity index is 74.4. The number of rotatable bonds is 0. The number of aliphatic hydroxyl groups excluding tert-OH is 1. The fraction of sp³-hybridized carbons (Fsp3) is 1.00. The largest absolute Gasteiger partial charge is 2.00 e. The van der Waals surface area contributed by atoms with Crippen LogP contribution in [-0.4, -0.2) is 60.1 Å². The Morgan fingerprint density at radius 1 is 0.909 bits per heavy atom. The van der Waals surface area contributed by atoms with Crippen LogP contribution in [0.25, 0.3) is 0 Å². The van der Waals surface area contributed by atoms with Crippen LogP contribution >= 0.6 is 0 Å². The normalized spacial score (nSPS) is 4.91. The molecule has 62 valence electrons. The van der Waals surface area contributed by atoms with Crippen LogP contribution in [0.5, 0.6) is 0 Å². The van der Waals surface area contributed by atoms with Gasteiger partial charge in [0.1, 0.15) is 0 Å². The van der Waals surface area contributed by atoms with Gasteiger partial charge in [0, 0.05) is 7.11 Å². The van der Waals surface area contributed by atoms with Crippen LogP contribution in [0, 0.1) is 30.6 Å². The molecule has 0 unspecified atom stereocenters. The van der Waals surface area contributed by atoms with Crippen molar-refractivity contribution in [2.24, 2.45) is 0 Å². The molecular weight excluding hydrogens is 192 g/mol. The van der Waals surface area contributed by atoms with Crippen molar-refractivity contribution in [2.75, 3.05) is 7.11 Å². The first-order chi connectivity index (χ1) is 4.46. The molecule has 0 aromatic carbocycles. The number of hydrogen-bond donors (Lipinski definition) is 1. The molecule has 0 radical (unpaired) electrons. The van der Waals surface area contributed by atoms with Crippen LogP contribution in [0.15, 0.2) is 0 Å². The van der Waals surface area contributed by atoms with Gasteiger partial charge in [-0.15, -0.1) is 0 Å². The first kappa shape index (κ1) is 22.4. The molecule has 0 aliphatic heterocycles. The Morgan fingerprint density at radius 2 is 0.909 bits per heavy atom. The van der Waals surface area contributed by atoms with Crippen molar-refractivity contribution in [3.8, 4) is 0 Å². The Labute approximate surface area is 90.5 Å². The summed E-state index contributed by atoms with van der Waals surface area (Å²) in [5, 5.41) is 36.5. The van der Waals surface area contributed by atoms with E-state index in [4.69, 9.17) is 35.7 Å². The Hall–Kier alpha value is -0.380. The van der Waals surface area contributed by atoms with Crippen molar-refractivity contribution in [3.63, 3.8) is 0 Å². The second-order valence-corrected chi connectivity index (χ2v) is 0.447. The van der Waals surface area contributed by atoms with Gasteiger partial charge in [0.05, 0.1) is 10.2 Å². The molecule has 0 heterocycles. The third-order valence-corrected chi connectivity index (χ3v) is 0. The van der Waals surface area contributed by atoms with Gasteiger partial charge in [-0.3, -0.25) is 0 Å². The van der Waals surface area contributed by atoms with Crippen molar-refractivity contribution in [2.45, 2.75) is 0 Å². The summed E-state index contributed by atoms with van der Waals surface area (Å²) in [7, 11) is 1.00. The summed E-state index contributed by atoms with van der Waals surface area (Å²) in [6.45, 7) is 0. The SMILES string of the molecule is CO.O=[N+]([O-])[O-].O=[N+]([O-])[O-].[Ca+2]. The molecule has 0 saturated heterocycles. The minimum absolute atomic E-state index is 0. The minimum Gasteiger partial charge on any atom is -0.400 e. The van der Waals surface area contributed by atoms with E-state index in [1.165, 1.54) is 0 Å². The summed E-state index contributed by atoms with van der Waals surface area (Å²) in [6, 6.07) is 0. The molecule has 0 atom stereocenters. The molecule has 0 aliphatic rings. The van der Waals surface area contributed by atoms with Gasteiger partial charge in [-0.25, -0.2) is 0 Å². The van der Waals surface area contributed by atoms with E-state index in [-0.39, 0.29) is 37.7 Å². The molecule has 0 bridgehead atoms. The zero-order valence-electron chi connectivity index (χ0n) is 5.50. The van der Waals surface area contributed by atoms with E-state index >= 15 is 0 Å². The predicted molar refractivity (Wildman–Crippen MR) is 34.6 cm³/mol. The molecule has 0 aromatic heterocycles. The van der Waals surface area contributed by atoms with Gasteiger partial charge in [0.15, 0.2) is 0 Å². The van der Waals surface area contributed by atoms with Gasteiger partial charge in [-0.1, -0.05) is 0 Å². The second kappa shape index (κ2) is 22.6. The molecule has 9 nitrogen and oxygen atoms in total. The molecule has 0 spiro atoms. The van der Waals surface area contributed by atoms with Crippen molar-refractivity contribution < 1.29 is 15.3 Å². The van der Waals surface area contributed by atoms with Crippen molar-refractivity contribution >= 4 is 37.7 Å². The van der Waals surface area contributed by atoms with Crippen LogP contribution in [0.2, 0.25) is 0 Å². The quantitative estimate of drug-likeness (QED) is 0.288. The van der Waals surface area contributed by atoms with E-state index in [1.807, 2.05) is 0 Å². The van der Waals surface area contributed by atoms with Crippen LogP contribution in [0.1, 0.15) is 0 Å². The van der Waals surface area contributed by atoms with Gasteiger partial charge >= 0.3 is 37.7 Å². The molecule has 10 heteroatoms. The van der Waals surface area contributed by atoms with Gasteiger partial charge < -0.3 is 35.7 Å². The average molecular weight is 196 g/mol. The van der Waals surface area contributed by atoms with Gasteiger partial charge in [-0.05, 0) is 0 Å². The van der Waals surface area contributed by atoms with Gasteiger partial charge in [0.2, 0.25) is 0 Å². The van der Waals surface area contributed by atoms with E-state index < -0.39 is 10.2 Å². The average Bonchev–Trinajstić information content (AvgIpc) is 1.66. The fourth-order valence-electron chi connectivity index (χ4n) is 0. The van der Waals surface area contributed by atoms with E-state index in [1.54, 1.807) is 0 Å².